The third-order valence-electron chi connectivity index (χ3n) is 3.89. The van der Waals surface area contributed by atoms with E-state index in [-0.39, 0.29) is 5.97 Å². The molecule has 0 aliphatic carbocycles. The lowest BCUT2D eigenvalue weighted by Gasteiger charge is -2.13. The van der Waals surface area contributed by atoms with Gasteiger partial charge >= 0.3 is 5.97 Å². The Hall–Kier alpha value is -2.40. The number of carbonyl (C=O) groups is 1. The maximum atomic E-state index is 11.6. The molecule has 126 valence electrons. The molecule has 0 aromatic heterocycles. The molecule has 4 nitrogen and oxygen atoms in total. The average Bonchev–Trinajstić information content (AvgIpc) is 2.61. The second kappa shape index (κ2) is 8.45. The molecule has 2 N–H and O–H groups in total. The Kier molecular flexibility index (Phi) is 6.32. The van der Waals surface area contributed by atoms with Gasteiger partial charge in [0.05, 0.1) is 12.7 Å². The van der Waals surface area contributed by atoms with Gasteiger partial charge in [-0.15, -0.1) is 0 Å². The predicted molar refractivity (Wildman–Crippen MR) is 103 cm³/mol. The van der Waals surface area contributed by atoms with Gasteiger partial charge in [0.1, 0.15) is 0 Å². The summed E-state index contributed by atoms with van der Waals surface area (Å²) in [5.41, 5.74) is 3.44. The Morgan fingerprint density at radius 3 is 2.42 bits per heavy atom. The molecule has 0 bridgehead atoms. The predicted octanol–water partition coefficient (Wildman–Crippen LogP) is 4.80. The Bertz CT molecular complexity index is 714. The van der Waals surface area contributed by atoms with E-state index in [1.807, 2.05) is 18.2 Å². The van der Waals surface area contributed by atoms with Crippen LogP contribution in [0.1, 0.15) is 42.1 Å². The van der Waals surface area contributed by atoms with Crippen LogP contribution in [-0.2, 0) is 4.74 Å². The van der Waals surface area contributed by atoms with Crippen LogP contribution >= 0.6 is 12.2 Å². The van der Waals surface area contributed by atoms with Crippen molar-refractivity contribution in [3.05, 3.63) is 59.7 Å². The minimum Gasteiger partial charge on any atom is -0.465 e. The van der Waals surface area contributed by atoms with E-state index < -0.39 is 0 Å². The number of thiocarbonyl (C=S) groups is 1. The topological polar surface area (TPSA) is 50.4 Å². The first-order valence-corrected chi connectivity index (χ1v) is 8.30. The first-order valence-electron chi connectivity index (χ1n) is 7.89. The molecule has 5 heteroatoms. The molecule has 2 aromatic rings. The summed E-state index contributed by atoms with van der Waals surface area (Å²) in [5.74, 6) is 0.170. The van der Waals surface area contributed by atoms with Crippen molar-refractivity contribution in [1.29, 1.82) is 0 Å². The molecular weight excluding hydrogens is 320 g/mol. The number of carbonyl (C=O) groups excluding carboxylic acids is 1. The van der Waals surface area contributed by atoms with Gasteiger partial charge in [0.25, 0.3) is 0 Å². The molecule has 0 spiro atoms. The van der Waals surface area contributed by atoms with Crippen LogP contribution < -0.4 is 10.6 Å². The average molecular weight is 342 g/mol. The van der Waals surface area contributed by atoms with E-state index in [2.05, 4.69) is 36.6 Å². The lowest BCUT2D eigenvalue weighted by molar-refractivity contribution is 0.0601. The highest BCUT2D eigenvalue weighted by Crippen LogP contribution is 2.20. The molecular formula is C19H22N2O2S. The highest BCUT2D eigenvalue weighted by molar-refractivity contribution is 7.80. The molecule has 1 unspecified atom stereocenters. The first kappa shape index (κ1) is 17.9. The summed E-state index contributed by atoms with van der Waals surface area (Å²) < 4.78 is 4.72. The summed E-state index contributed by atoms with van der Waals surface area (Å²) in [6, 6.07) is 15.3. The van der Waals surface area contributed by atoms with Gasteiger partial charge in [-0.05, 0) is 60.5 Å². The highest BCUT2D eigenvalue weighted by Gasteiger charge is 2.07. The van der Waals surface area contributed by atoms with Crippen LogP contribution in [0.5, 0.6) is 0 Å². The minimum absolute atomic E-state index is 0.377. The smallest absolute Gasteiger partial charge is 0.337 e. The van der Waals surface area contributed by atoms with Gasteiger partial charge < -0.3 is 15.4 Å². The van der Waals surface area contributed by atoms with E-state index in [9.17, 15) is 4.79 Å². The summed E-state index contributed by atoms with van der Waals surface area (Å²) in [4.78, 5) is 11.6. The Morgan fingerprint density at radius 1 is 1.12 bits per heavy atom. The Labute approximate surface area is 148 Å². The van der Waals surface area contributed by atoms with Crippen molar-refractivity contribution in [2.45, 2.75) is 26.2 Å². The molecule has 1 atom stereocenters. The number of esters is 1. The van der Waals surface area contributed by atoms with E-state index in [4.69, 9.17) is 17.0 Å². The van der Waals surface area contributed by atoms with Crippen molar-refractivity contribution < 1.29 is 9.53 Å². The summed E-state index contributed by atoms with van der Waals surface area (Å²) in [7, 11) is 1.36. The maximum absolute atomic E-state index is 11.6. The normalized spacial score (nSPS) is 11.5. The monoisotopic (exact) mass is 342 g/mol. The van der Waals surface area contributed by atoms with Crippen molar-refractivity contribution in [3.63, 3.8) is 0 Å². The lowest BCUT2D eigenvalue weighted by atomic mass is 9.99. The van der Waals surface area contributed by atoms with Crippen LogP contribution in [0.3, 0.4) is 0 Å². The fraction of sp³-hybridized carbons (Fsp3) is 0.263. The zero-order chi connectivity index (χ0) is 17.5. The van der Waals surface area contributed by atoms with Gasteiger partial charge in [0.15, 0.2) is 5.11 Å². The van der Waals surface area contributed by atoms with E-state index in [1.54, 1.807) is 18.2 Å². The van der Waals surface area contributed by atoms with E-state index in [0.29, 0.717) is 16.6 Å². The number of benzene rings is 2. The quantitative estimate of drug-likeness (QED) is 0.604. The van der Waals surface area contributed by atoms with E-state index >= 15 is 0 Å². The molecule has 2 aromatic carbocycles. The van der Waals surface area contributed by atoms with Crippen molar-refractivity contribution >= 4 is 34.7 Å². The number of hydrogen-bond acceptors (Lipinski definition) is 3. The fourth-order valence-corrected chi connectivity index (χ4v) is 2.50. The molecule has 0 aliphatic rings. The number of methoxy groups -OCH3 is 1. The van der Waals surface area contributed by atoms with Gasteiger partial charge in [-0.1, -0.05) is 32.0 Å². The number of ether oxygens (including phenoxy) is 1. The van der Waals surface area contributed by atoms with Crippen LogP contribution in [0.15, 0.2) is 48.5 Å². The summed E-state index contributed by atoms with van der Waals surface area (Å²) in [5, 5.41) is 6.68. The highest BCUT2D eigenvalue weighted by atomic mass is 32.1. The van der Waals surface area contributed by atoms with Gasteiger partial charge in [0, 0.05) is 11.4 Å². The zero-order valence-electron chi connectivity index (χ0n) is 14.1. The van der Waals surface area contributed by atoms with Crippen LogP contribution in [0.2, 0.25) is 0 Å². The van der Waals surface area contributed by atoms with Crippen LogP contribution in [0.25, 0.3) is 0 Å². The molecule has 0 aliphatic heterocycles. The van der Waals surface area contributed by atoms with Crippen LogP contribution in [0.4, 0.5) is 11.4 Å². The summed E-state index contributed by atoms with van der Waals surface area (Å²) in [6.07, 6.45) is 1.11. The molecule has 24 heavy (non-hydrogen) atoms. The molecule has 0 radical (unpaired) electrons. The SMILES string of the molecule is CCC(C)c1ccc(NC(=S)Nc2cccc(C(=O)OC)c2)cc1. The largest absolute Gasteiger partial charge is 0.465 e. The third kappa shape index (κ3) is 4.80. The zero-order valence-corrected chi connectivity index (χ0v) is 14.9. The summed E-state index contributed by atoms with van der Waals surface area (Å²) in [6.45, 7) is 4.39. The number of nitrogens with one attached hydrogen (secondary N) is 2. The van der Waals surface area contributed by atoms with Crippen molar-refractivity contribution in [1.82, 2.24) is 0 Å². The fourth-order valence-electron chi connectivity index (χ4n) is 2.27. The molecule has 2 rings (SSSR count). The molecule has 0 amide bonds. The first-order chi connectivity index (χ1) is 11.5. The molecule has 0 heterocycles. The van der Waals surface area contributed by atoms with Crippen LogP contribution in [-0.4, -0.2) is 18.2 Å². The third-order valence-corrected chi connectivity index (χ3v) is 4.10. The Balaban J connectivity index is 1.99. The standard InChI is InChI=1S/C19H22N2O2S/c1-4-13(2)14-8-10-16(11-9-14)20-19(24)21-17-7-5-6-15(12-17)18(22)23-3/h5-13H,4H2,1-3H3,(H2,20,21,24). The number of rotatable bonds is 5. The molecule has 0 fully saturated rings. The van der Waals surface area contributed by atoms with Crippen molar-refractivity contribution in [3.8, 4) is 0 Å². The maximum Gasteiger partial charge on any atom is 0.337 e. The van der Waals surface area contributed by atoms with Crippen LogP contribution in [0, 0.1) is 0 Å². The Morgan fingerprint density at radius 2 is 1.79 bits per heavy atom. The lowest BCUT2D eigenvalue weighted by Crippen LogP contribution is -2.19. The van der Waals surface area contributed by atoms with Gasteiger partial charge in [-0.3, -0.25) is 0 Å². The van der Waals surface area contributed by atoms with Gasteiger partial charge in [-0.25, -0.2) is 4.79 Å². The number of anilines is 2. The molecule has 0 saturated carbocycles. The second-order valence-corrected chi connectivity index (χ2v) is 5.99. The van der Waals surface area contributed by atoms with Gasteiger partial charge in [-0.2, -0.15) is 0 Å². The minimum atomic E-state index is -0.377. The molecule has 0 saturated heterocycles. The summed E-state index contributed by atoms with van der Waals surface area (Å²) >= 11 is 5.32. The van der Waals surface area contributed by atoms with Crippen molar-refractivity contribution in [2.24, 2.45) is 0 Å². The van der Waals surface area contributed by atoms with Gasteiger partial charge in [0.2, 0.25) is 0 Å². The second-order valence-electron chi connectivity index (χ2n) is 5.58. The number of hydrogen-bond donors (Lipinski definition) is 2. The van der Waals surface area contributed by atoms with Crippen molar-refractivity contribution in [2.75, 3.05) is 17.7 Å². The van der Waals surface area contributed by atoms with E-state index in [0.717, 1.165) is 17.8 Å². The van der Waals surface area contributed by atoms with E-state index in [1.165, 1.54) is 12.7 Å².